The molecule has 0 fully saturated rings. The molecule has 0 spiro atoms. The first-order valence-electron chi connectivity index (χ1n) is 6.39. The van der Waals surface area contributed by atoms with E-state index in [-0.39, 0.29) is 13.0 Å². The predicted molar refractivity (Wildman–Crippen MR) is 76.1 cm³/mol. The summed E-state index contributed by atoms with van der Waals surface area (Å²) < 4.78 is 15.7. The van der Waals surface area contributed by atoms with Crippen LogP contribution in [0.5, 0.6) is 11.5 Å². The van der Waals surface area contributed by atoms with Gasteiger partial charge in [0.2, 0.25) is 0 Å². The summed E-state index contributed by atoms with van der Waals surface area (Å²) in [5.41, 5.74) is 1.42. The van der Waals surface area contributed by atoms with E-state index >= 15 is 0 Å². The molecule has 1 aromatic heterocycles. The van der Waals surface area contributed by atoms with Crippen LogP contribution in [-0.2, 0) is 11.2 Å². The Morgan fingerprint density at radius 3 is 2.67 bits per heavy atom. The summed E-state index contributed by atoms with van der Waals surface area (Å²) in [6.45, 7) is 3.65. The number of rotatable bonds is 5. The van der Waals surface area contributed by atoms with Gasteiger partial charge in [-0.1, -0.05) is 23.2 Å². The molecule has 0 aliphatic heterocycles. The van der Waals surface area contributed by atoms with Crippen LogP contribution in [0.3, 0.4) is 0 Å². The molecule has 0 saturated carbocycles. The van der Waals surface area contributed by atoms with Crippen LogP contribution in [0.2, 0.25) is 0 Å². The summed E-state index contributed by atoms with van der Waals surface area (Å²) in [6, 6.07) is 6.87. The lowest BCUT2D eigenvalue weighted by atomic mass is 10.1. The maximum atomic E-state index is 12.0. The molecule has 0 amide bonds. The van der Waals surface area contributed by atoms with Crippen LogP contribution < -0.4 is 9.47 Å². The van der Waals surface area contributed by atoms with E-state index < -0.39 is 5.97 Å². The van der Waals surface area contributed by atoms with Crippen molar-refractivity contribution in [2.24, 2.45) is 0 Å². The molecular weight excluding hydrogens is 270 g/mol. The molecule has 5 nitrogen and oxygen atoms in total. The van der Waals surface area contributed by atoms with Crippen LogP contribution in [0.1, 0.15) is 17.0 Å². The number of hydrogen-bond acceptors (Lipinski definition) is 5. The summed E-state index contributed by atoms with van der Waals surface area (Å²) in [7, 11) is 0. The van der Waals surface area contributed by atoms with E-state index in [1.165, 1.54) is 0 Å². The Labute approximate surface area is 122 Å². The van der Waals surface area contributed by atoms with Crippen molar-refractivity contribution in [1.82, 2.24) is 5.16 Å². The van der Waals surface area contributed by atoms with Gasteiger partial charge in [0.25, 0.3) is 0 Å². The zero-order valence-corrected chi connectivity index (χ0v) is 11.9. The second-order valence-electron chi connectivity index (χ2n) is 4.39. The summed E-state index contributed by atoms with van der Waals surface area (Å²) in [6.07, 6.45) is 5.24. The number of carbonyl (C=O) groups excluding carboxylic acids is 1. The van der Waals surface area contributed by atoms with Gasteiger partial charge in [-0.25, -0.2) is 0 Å². The minimum atomic E-state index is -0.416. The fraction of sp³-hybridized carbons (Fsp3) is 0.250. The van der Waals surface area contributed by atoms with Gasteiger partial charge >= 0.3 is 5.97 Å². The highest BCUT2D eigenvalue weighted by molar-refractivity contribution is 5.76. The molecule has 0 aliphatic carbocycles. The van der Waals surface area contributed by atoms with Crippen molar-refractivity contribution >= 4 is 5.97 Å². The smallest absolute Gasteiger partial charge is 0.315 e. The van der Waals surface area contributed by atoms with Crippen LogP contribution in [-0.4, -0.2) is 17.7 Å². The SMILES string of the molecule is C#CCOc1ccccc1OC(=O)Cc1c(C)noc1C. The number of esters is 1. The molecule has 0 aliphatic rings. The number of terminal acetylenes is 1. The average molecular weight is 285 g/mol. The standard InChI is InChI=1S/C16H15NO4/c1-4-9-19-14-7-5-6-8-15(14)20-16(18)10-13-11(2)17-21-12(13)3/h1,5-8H,9-10H2,2-3H3. The van der Waals surface area contributed by atoms with Gasteiger partial charge in [0, 0.05) is 5.56 Å². The number of hydrogen-bond donors (Lipinski definition) is 0. The van der Waals surface area contributed by atoms with Gasteiger partial charge in [0.1, 0.15) is 12.4 Å². The first-order valence-corrected chi connectivity index (χ1v) is 6.39. The van der Waals surface area contributed by atoms with Crippen LogP contribution >= 0.6 is 0 Å². The van der Waals surface area contributed by atoms with Crippen molar-refractivity contribution in [3.05, 3.63) is 41.3 Å². The van der Waals surface area contributed by atoms with Crippen LogP contribution in [0, 0.1) is 26.2 Å². The molecule has 5 heteroatoms. The van der Waals surface area contributed by atoms with E-state index in [2.05, 4.69) is 11.1 Å². The van der Waals surface area contributed by atoms with Crippen molar-refractivity contribution < 1.29 is 18.8 Å². The summed E-state index contributed by atoms with van der Waals surface area (Å²) in [5.74, 6) is 3.33. The predicted octanol–water partition coefficient (Wildman–Crippen LogP) is 2.45. The van der Waals surface area contributed by atoms with Gasteiger partial charge in [-0.2, -0.15) is 0 Å². The van der Waals surface area contributed by atoms with Gasteiger partial charge in [-0.05, 0) is 26.0 Å². The molecule has 1 heterocycles. The topological polar surface area (TPSA) is 61.6 Å². The molecule has 1 aromatic carbocycles. The monoisotopic (exact) mass is 285 g/mol. The van der Waals surface area contributed by atoms with Crippen LogP contribution in [0.15, 0.2) is 28.8 Å². The van der Waals surface area contributed by atoms with Crippen molar-refractivity contribution in [2.75, 3.05) is 6.61 Å². The quantitative estimate of drug-likeness (QED) is 0.480. The van der Waals surface area contributed by atoms with Crippen molar-refractivity contribution in [1.29, 1.82) is 0 Å². The molecule has 2 rings (SSSR count). The molecule has 108 valence electrons. The molecule has 0 radical (unpaired) electrons. The van der Waals surface area contributed by atoms with E-state index in [9.17, 15) is 4.79 Å². The van der Waals surface area contributed by atoms with Crippen LogP contribution in [0.25, 0.3) is 0 Å². The molecule has 2 aromatic rings. The van der Waals surface area contributed by atoms with Crippen molar-refractivity contribution in [3.63, 3.8) is 0 Å². The normalized spacial score (nSPS) is 9.95. The van der Waals surface area contributed by atoms with Gasteiger partial charge in [-0.3, -0.25) is 4.79 Å². The third-order valence-corrected chi connectivity index (χ3v) is 2.89. The number of ether oxygens (including phenoxy) is 2. The molecule has 21 heavy (non-hydrogen) atoms. The van der Waals surface area contributed by atoms with E-state index in [1.807, 2.05) is 0 Å². The fourth-order valence-corrected chi connectivity index (χ4v) is 1.83. The Morgan fingerprint density at radius 1 is 1.33 bits per heavy atom. The molecule has 0 bridgehead atoms. The van der Waals surface area contributed by atoms with E-state index in [4.69, 9.17) is 20.4 Å². The number of aryl methyl sites for hydroxylation is 2. The zero-order valence-electron chi connectivity index (χ0n) is 11.9. The lowest BCUT2D eigenvalue weighted by Crippen LogP contribution is -2.13. The second kappa shape index (κ2) is 6.62. The minimum Gasteiger partial charge on any atom is -0.477 e. The maximum Gasteiger partial charge on any atom is 0.315 e. The Balaban J connectivity index is 2.08. The zero-order chi connectivity index (χ0) is 15.2. The van der Waals surface area contributed by atoms with Crippen LogP contribution in [0.4, 0.5) is 0 Å². The second-order valence-corrected chi connectivity index (χ2v) is 4.39. The van der Waals surface area contributed by atoms with Gasteiger partial charge in [0.05, 0.1) is 12.1 Å². The van der Waals surface area contributed by atoms with Gasteiger partial charge < -0.3 is 14.0 Å². The maximum absolute atomic E-state index is 12.0. The Hall–Kier alpha value is -2.74. The lowest BCUT2D eigenvalue weighted by Gasteiger charge is -2.09. The third kappa shape index (κ3) is 3.63. The van der Waals surface area contributed by atoms with E-state index in [1.54, 1.807) is 38.1 Å². The van der Waals surface area contributed by atoms with E-state index in [0.717, 1.165) is 5.56 Å². The fourth-order valence-electron chi connectivity index (χ4n) is 1.83. The first kappa shape index (κ1) is 14.7. The minimum absolute atomic E-state index is 0.0879. The number of carbonyl (C=O) groups is 1. The van der Waals surface area contributed by atoms with Crippen molar-refractivity contribution in [3.8, 4) is 23.8 Å². The number of benzene rings is 1. The molecular formula is C16H15NO4. The highest BCUT2D eigenvalue weighted by Crippen LogP contribution is 2.27. The largest absolute Gasteiger partial charge is 0.477 e. The summed E-state index contributed by atoms with van der Waals surface area (Å²) >= 11 is 0. The van der Waals surface area contributed by atoms with Gasteiger partial charge in [-0.15, -0.1) is 6.42 Å². The Kier molecular flexibility index (Phi) is 4.62. The van der Waals surface area contributed by atoms with Gasteiger partial charge in [0.15, 0.2) is 11.5 Å². The molecule has 0 unspecified atom stereocenters. The molecule has 0 saturated heterocycles. The first-order chi connectivity index (χ1) is 10.1. The number of nitrogens with zero attached hydrogens (tertiary/aromatic N) is 1. The van der Waals surface area contributed by atoms with E-state index in [0.29, 0.717) is 23.0 Å². The summed E-state index contributed by atoms with van der Waals surface area (Å²) in [5, 5.41) is 3.80. The Morgan fingerprint density at radius 2 is 2.05 bits per heavy atom. The third-order valence-electron chi connectivity index (χ3n) is 2.89. The highest BCUT2D eigenvalue weighted by atomic mass is 16.6. The van der Waals surface area contributed by atoms with Crippen molar-refractivity contribution in [2.45, 2.75) is 20.3 Å². The lowest BCUT2D eigenvalue weighted by molar-refractivity contribution is -0.133. The Bertz CT molecular complexity index is 662. The average Bonchev–Trinajstić information content (AvgIpc) is 2.78. The number of para-hydroxylation sites is 2. The number of aromatic nitrogens is 1. The molecule has 0 N–H and O–H groups in total. The summed E-state index contributed by atoms with van der Waals surface area (Å²) in [4.78, 5) is 12.0. The molecule has 0 atom stereocenters. The highest BCUT2D eigenvalue weighted by Gasteiger charge is 2.16.